The van der Waals surface area contributed by atoms with Crippen LogP contribution in [-0.4, -0.2) is 33.9 Å². The Labute approximate surface area is 211 Å². The topological polar surface area (TPSA) is 96.8 Å². The number of amides is 1. The number of hydrogen-bond donors (Lipinski definition) is 1. The quantitative estimate of drug-likeness (QED) is 0.205. The zero-order chi connectivity index (χ0) is 25.3. The number of aryl methyl sites for hydroxylation is 1. The van der Waals surface area contributed by atoms with Crippen LogP contribution in [0.15, 0.2) is 77.0 Å². The number of hydrogen-bond acceptors (Lipinski definition) is 6. The number of Topliss-reactive ketones (excluding diaryl/α,β-unsaturated/α-hetero) is 1. The van der Waals surface area contributed by atoms with Crippen molar-refractivity contribution in [1.29, 1.82) is 0 Å². The van der Waals surface area contributed by atoms with E-state index in [9.17, 15) is 19.5 Å². The van der Waals surface area contributed by atoms with Gasteiger partial charge in [0.25, 0.3) is 11.7 Å². The van der Waals surface area contributed by atoms with Crippen molar-refractivity contribution in [2.24, 2.45) is 0 Å². The number of esters is 1. The summed E-state index contributed by atoms with van der Waals surface area (Å²) in [4.78, 5) is 44.1. The second kappa shape index (κ2) is 9.84. The van der Waals surface area contributed by atoms with Crippen molar-refractivity contribution < 1.29 is 24.2 Å². The molecular formula is C27H23BrN2O5. The lowest BCUT2D eigenvalue weighted by Crippen LogP contribution is -2.29. The average Bonchev–Trinajstić information content (AvgIpc) is 3.11. The van der Waals surface area contributed by atoms with Crippen LogP contribution < -0.4 is 4.90 Å². The molecule has 0 spiro atoms. The van der Waals surface area contributed by atoms with Crippen molar-refractivity contribution in [2.45, 2.75) is 32.9 Å². The van der Waals surface area contributed by atoms with Gasteiger partial charge in [0.15, 0.2) is 0 Å². The van der Waals surface area contributed by atoms with E-state index in [-0.39, 0.29) is 17.4 Å². The zero-order valence-electron chi connectivity index (χ0n) is 19.4. The monoisotopic (exact) mass is 534 g/mol. The molecule has 1 aliphatic heterocycles. The first-order valence-electron chi connectivity index (χ1n) is 11.0. The van der Waals surface area contributed by atoms with Crippen LogP contribution in [-0.2, 0) is 14.3 Å². The number of rotatable bonds is 5. The SMILES string of the molecule is Cc1cc(/C(O)=C2/C(=O)C(=O)N(c3ccc(C(=O)OC(C)C)cc3)C2c2cccnc2)ccc1Br. The van der Waals surface area contributed by atoms with Crippen LogP contribution >= 0.6 is 15.9 Å². The third kappa shape index (κ3) is 4.74. The molecule has 178 valence electrons. The van der Waals surface area contributed by atoms with Gasteiger partial charge in [-0.2, -0.15) is 0 Å². The number of carbonyl (C=O) groups is 3. The maximum atomic E-state index is 13.2. The van der Waals surface area contributed by atoms with Crippen LogP contribution in [0.2, 0.25) is 0 Å². The van der Waals surface area contributed by atoms with Gasteiger partial charge in [0, 0.05) is 28.1 Å². The molecule has 1 unspecified atom stereocenters. The fourth-order valence-corrected chi connectivity index (χ4v) is 4.19. The summed E-state index contributed by atoms with van der Waals surface area (Å²) in [5.74, 6) is -2.34. The predicted molar refractivity (Wildman–Crippen MR) is 135 cm³/mol. The highest BCUT2D eigenvalue weighted by molar-refractivity contribution is 9.10. The van der Waals surface area contributed by atoms with Crippen molar-refractivity contribution >= 4 is 45.0 Å². The lowest BCUT2D eigenvalue weighted by atomic mass is 9.95. The van der Waals surface area contributed by atoms with Gasteiger partial charge in [-0.25, -0.2) is 4.79 Å². The van der Waals surface area contributed by atoms with Gasteiger partial charge in [0.2, 0.25) is 0 Å². The molecule has 1 N–H and O–H groups in total. The van der Waals surface area contributed by atoms with Crippen LogP contribution in [0.4, 0.5) is 5.69 Å². The molecule has 1 fully saturated rings. The summed E-state index contributed by atoms with van der Waals surface area (Å²) < 4.78 is 6.08. The highest BCUT2D eigenvalue weighted by atomic mass is 79.9. The summed E-state index contributed by atoms with van der Waals surface area (Å²) in [5.41, 5.74) is 2.53. The van der Waals surface area contributed by atoms with Crippen molar-refractivity contribution in [1.82, 2.24) is 4.98 Å². The number of ether oxygens (including phenoxy) is 1. The molecule has 0 radical (unpaired) electrons. The van der Waals surface area contributed by atoms with Crippen LogP contribution in [0.3, 0.4) is 0 Å². The average molecular weight is 535 g/mol. The summed E-state index contributed by atoms with van der Waals surface area (Å²) in [6.45, 7) is 5.38. The molecule has 8 heteroatoms. The normalized spacial score (nSPS) is 17.2. The Balaban J connectivity index is 1.83. The van der Waals surface area contributed by atoms with Gasteiger partial charge in [-0.1, -0.05) is 28.1 Å². The lowest BCUT2D eigenvalue weighted by molar-refractivity contribution is -0.132. The number of aliphatic hydroxyl groups excluding tert-OH is 1. The number of benzene rings is 2. The summed E-state index contributed by atoms with van der Waals surface area (Å²) >= 11 is 3.43. The number of ketones is 1. The van der Waals surface area contributed by atoms with Gasteiger partial charge in [-0.3, -0.25) is 19.5 Å². The first-order valence-corrected chi connectivity index (χ1v) is 11.8. The fourth-order valence-electron chi connectivity index (χ4n) is 3.94. The Morgan fingerprint density at radius 1 is 1.09 bits per heavy atom. The first-order chi connectivity index (χ1) is 16.7. The third-order valence-electron chi connectivity index (χ3n) is 5.60. The van der Waals surface area contributed by atoms with E-state index in [4.69, 9.17) is 4.74 Å². The van der Waals surface area contributed by atoms with E-state index in [0.29, 0.717) is 22.4 Å². The molecule has 0 saturated carbocycles. The van der Waals surface area contributed by atoms with Crippen LogP contribution in [0.25, 0.3) is 5.76 Å². The molecule has 2 aromatic carbocycles. The maximum Gasteiger partial charge on any atom is 0.338 e. The van der Waals surface area contributed by atoms with Gasteiger partial charge in [0.1, 0.15) is 5.76 Å². The molecule has 0 aliphatic carbocycles. The minimum absolute atomic E-state index is 0.0342. The zero-order valence-corrected chi connectivity index (χ0v) is 20.9. The highest BCUT2D eigenvalue weighted by Crippen LogP contribution is 2.42. The lowest BCUT2D eigenvalue weighted by Gasteiger charge is -2.25. The summed E-state index contributed by atoms with van der Waals surface area (Å²) in [5, 5.41) is 11.2. The van der Waals surface area contributed by atoms with Crippen LogP contribution in [0.5, 0.6) is 0 Å². The van der Waals surface area contributed by atoms with Crippen LogP contribution in [0.1, 0.15) is 46.9 Å². The molecule has 35 heavy (non-hydrogen) atoms. The number of aliphatic hydroxyl groups is 1. The molecular weight excluding hydrogens is 512 g/mol. The molecule has 1 amide bonds. The fraction of sp³-hybridized carbons (Fsp3) is 0.185. The van der Waals surface area contributed by atoms with Crippen molar-refractivity contribution in [3.8, 4) is 0 Å². The molecule has 1 atom stereocenters. The van der Waals surface area contributed by atoms with Gasteiger partial charge >= 0.3 is 5.97 Å². The van der Waals surface area contributed by atoms with Gasteiger partial charge in [0.05, 0.1) is 23.3 Å². The van der Waals surface area contributed by atoms with E-state index in [0.717, 1.165) is 10.0 Å². The van der Waals surface area contributed by atoms with Crippen molar-refractivity contribution in [3.05, 3.63) is 99.3 Å². The van der Waals surface area contributed by atoms with E-state index >= 15 is 0 Å². The Morgan fingerprint density at radius 3 is 2.37 bits per heavy atom. The third-order valence-corrected chi connectivity index (χ3v) is 6.49. The van der Waals surface area contributed by atoms with Gasteiger partial charge in [-0.15, -0.1) is 0 Å². The molecule has 1 saturated heterocycles. The first kappa shape index (κ1) is 24.3. The maximum absolute atomic E-state index is 13.2. The van der Waals surface area contributed by atoms with Crippen molar-refractivity contribution in [2.75, 3.05) is 4.90 Å². The molecule has 0 bridgehead atoms. The van der Waals surface area contributed by atoms with E-state index in [1.54, 1.807) is 68.7 Å². The predicted octanol–water partition coefficient (Wildman–Crippen LogP) is 5.34. The van der Waals surface area contributed by atoms with Crippen molar-refractivity contribution in [3.63, 3.8) is 0 Å². The number of halogens is 1. The smallest absolute Gasteiger partial charge is 0.338 e. The molecule has 4 rings (SSSR count). The minimum atomic E-state index is -0.902. The highest BCUT2D eigenvalue weighted by Gasteiger charge is 2.47. The number of nitrogens with zero attached hydrogens (tertiary/aromatic N) is 2. The molecule has 1 aliphatic rings. The van der Waals surface area contributed by atoms with Gasteiger partial charge in [-0.05, 0) is 74.4 Å². The van der Waals surface area contributed by atoms with Gasteiger partial charge < -0.3 is 9.84 Å². The second-order valence-electron chi connectivity index (χ2n) is 8.42. The van der Waals surface area contributed by atoms with E-state index < -0.39 is 23.7 Å². The number of aromatic nitrogens is 1. The Bertz CT molecular complexity index is 1330. The molecule has 1 aromatic heterocycles. The van der Waals surface area contributed by atoms with E-state index in [1.165, 1.54) is 17.0 Å². The number of carbonyl (C=O) groups excluding carboxylic acids is 3. The Kier molecular flexibility index (Phi) is 6.84. The number of pyridine rings is 1. The summed E-state index contributed by atoms with van der Waals surface area (Å²) in [6, 6.07) is 14.0. The number of anilines is 1. The Hall–Kier alpha value is -3.78. The minimum Gasteiger partial charge on any atom is -0.507 e. The molecule has 2 heterocycles. The van der Waals surface area contributed by atoms with E-state index in [2.05, 4.69) is 20.9 Å². The summed E-state index contributed by atoms with van der Waals surface area (Å²) in [6.07, 6.45) is 2.87. The Morgan fingerprint density at radius 2 is 1.77 bits per heavy atom. The molecule has 3 aromatic rings. The van der Waals surface area contributed by atoms with E-state index in [1.807, 2.05) is 6.92 Å². The standard InChI is InChI=1S/C27H23BrN2O5/c1-15(2)35-27(34)17-6-9-20(10-7-17)30-23(19-5-4-12-29-14-19)22(25(32)26(30)33)24(31)18-8-11-21(28)16(3)13-18/h4-15,23,31H,1-3H3/b24-22-. The van der Waals surface area contributed by atoms with Crippen LogP contribution in [0, 0.1) is 6.92 Å². The second-order valence-corrected chi connectivity index (χ2v) is 9.27. The largest absolute Gasteiger partial charge is 0.507 e. The molecule has 7 nitrogen and oxygen atoms in total. The summed E-state index contributed by atoms with van der Waals surface area (Å²) in [7, 11) is 0.